The number of benzene rings is 1. The molecule has 8 heteroatoms. The van der Waals surface area contributed by atoms with Crippen LogP contribution >= 0.6 is 0 Å². The Morgan fingerprint density at radius 3 is 2.35 bits per heavy atom. The molecule has 1 N–H and O–H groups in total. The van der Waals surface area contributed by atoms with Gasteiger partial charge in [0, 0.05) is 12.1 Å². The standard InChI is InChI=1S/C18H13N3O5/c22-15(10-5-6-10)20-14-9-11(7-8-19-14)18(25)26-21-16(23)12-3-1-2-4-13(12)17(21)24/h1-4,7-10H,5-6H2,(H,19,20,22). The first-order chi connectivity index (χ1) is 12.5. The SMILES string of the molecule is O=C(ON1C(=O)c2ccccc2C1=O)c1ccnc(NC(=O)C2CC2)c1. The number of imide groups is 1. The van der Waals surface area contributed by atoms with Crippen molar-refractivity contribution in [2.75, 3.05) is 5.32 Å². The van der Waals surface area contributed by atoms with Crippen molar-refractivity contribution in [2.24, 2.45) is 5.92 Å². The summed E-state index contributed by atoms with van der Waals surface area (Å²) in [5.41, 5.74) is 0.414. The zero-order valence-electron chi connectivity index (χ0n) is 13.5. The Balaban J connectivity index is 1.49. The number of hydrogen-bond donors (Lipinski definition) is 1. The molecule has 0 radical (unpaired) electrons. The molecule has 2 aromatic rings. The summed E-state index contributed by atoms with van der Waals surface area (Å²) in [6, 6.07) is 8.91. The highest BCUT2D eigenvalue weighted by Gasteiger charge is 2.38. The van der Waals surface area contributed by atoms with Crippen molar-refractivity contribution in [3.05, 3.63) is 59.3 Å². The van der Waals surface area contributed by atoms with Crippen LogP contribution in [-0.2, 0) is 9.63 Å². The molecule has 1 aliphatic heterocycles. The normalized spacial score (nSPS) is 15.6. The molecule has 26 heavy (non-hydrogen) atoms. The minimum atomic E-state index is -0.899. The van der Waals surface area contributed by atoms with E-state index in [2.05, 4.69) is 10.3 Å². The Kier molecular flexibility index (Phi) is 3.72. The average molecular weight is 351 g/mol. The van der Waals surface area contributed by atoms with Gasteiger partial charge >= 0.3 is 5.97 Å². The summed E-state index contributed by atoms with van der Waals surface area (Å²) in [5.74, 6) is -2.25. The average Bonchev–Trinajstić information content (AvgIpc) is 3.47. The summed E-state index contributed by atoms with van der Waals surface area (Å²) >= 11 is 0. The van der Waals surface area contributed by atoms with E-state index in [9.17, 15) is 19.2 Å². The summed E-state index contributed by atoms with van der Waals surface area (Å²) in [6.07, 6.45) is 3.02. The topological polar surface area (TPSA) is 106 Å². The Labute approximate surface area is 147 Å². The number of carbonyl (C=O) groups is 4. The number of carbonyl (C=O) groups excluding carboxylic acids is 4. The molecule has 0 spiro atoms. The fraction of sp³-hybridized carbons (Fsp3) is 0.167. The highest BCUT2D eigenvalue weighted by molar-refractivity contribution is 6.21. The molecular formula is C18H13N3O5. The van der Waals surface area contributed by atoms with Crippen molar-refractivity contribution >= 4 is 29.5 Å². The molecule has 0 unspecified atom stereocenters. The lowest BCUT2D eigenvalue weighted by molar-refractivity contribution is -0.117. The molecule has 0 atom stereocenters. The van der Waals surface area contributed by atoms with Gasteiger partial charge < -0.3 is 10.2 Å². The molecule has 130 valence electrons. The van der Waals surface area contributed by atoms with Crippen LogP contribution in [-0.4, -0.2) is 33.7 Å². The molecule has 3 amide bonds. The maximum Gasteiger partial charge on any atom is 0.364 e. The molecule has 2 heterocycles. The van der Waals surface area contributed by atoms with Gasteiger partial charge in [-0.3, -0.25) is 14.4 Å². The van der Waals surface area contributed by atoms with E-state index in [-0.39, 0.29) is 34.3 Å². The minimum absolute atomic E-state index is 0.00856. The van der Waals surface area contributed by atoms with Crippen LogP contribution < -0.4 is 5.32 Å². The lowest BCUT2D eigenvalue weighted by atomic mass is 10.1. The molecule has 4 rings (SSSR count). The smallest absolute Gasteiger partial charge is 0.324 e. The number of nitrogens with one attached hydrogen (secondary N) is 1. The second kappa shape index (κ2) is 6.07. The van der Waals surface area contributed by atoms with Crippen LogP contribution in [0.15, 0.2) is 42.6 Å². The van der Waals surface area contributed by atoms with Gasteiger partial charge in [0.15, 0.2) is 0 Å². The summed E-state index contributed by atoms with van der Waals surface area (Å²) in [5, 5.41) is 3.06. The molecule has 1 aromatic carbocycles. The van der Waals surface area contributed by atoms with Crippen molar-refractivity contribution < 1.29 is 24.0 Å². The number of aromatic nitrogens is 1. The Morgan fingerprint density at radius 1 is 1.08 bits per heavy atom. The first-order valence-corrected chi connectivity index (χ1v) is 8.01. The Hall–Kier alpha value is -3.55. The monoisotopic (exact) mass is 351 g/mol. The van der Waals surface area contributed by atoms with Gasteiger partial charge in [-0.2, -0.15) is 0 Å². The van der Waals surface area contributed by atoms with Crippen LogP contribution in [0, 0.1) is 5.92 Å². The molecule has 8 nitrogen and oxygen atoms in total. The van der Waals surface area contributed by atoms with Crippen LogP contribution in [0.1, 0.15) is 43.9 Å². The highest BCUT2D eigenvalue weighted by Crippen LogP contribution is 2.30. The molecular weight excluding hydrogens is 338 g/mol. The fourth-order valence-electron chi connectivity index (χ4n) is 2.59. The minimum Gasteiger partial charge on any atom is -0.324 e. The largest absolute Gasteiger partial charge is 0.364 e. The van der Waals surface area contributed by atoms with Crippen LogP contribution in [0.5, 0.6) is 0 Å². The van der Waals surface area contributed by atoms with Gasteiger partial charge in [0.25, 0.3) is 11.8 Å². The number of nitrogens with zero attached hydrogens (tertiary/aromatic N) is 2. The van der Waals surface area contributed by atoms with E-state index >= 15 is 0 Å². The molecule has 0 bridgehead atoms. The van der Waals surface area contributed by atoms with Crippen LogP contribution in [0.2, 0.25) is 0 Å². The van der Waals surface area contributed by atoms with Gasteiger partial charge in [-0.25, -0.2) is 9.78 Å². The summed E-state index contributed by atoms with van der Waals surface area (Å²) in [7, 11) is 0. The van der Waals surface area contributed by atoms with Crippen LogP contribution in [0.4, 0.5) is 5.82 Å². The number of hydrogen-bond acceptors (Lipinski definition) is 6. The van der Waals surface area contributed by atoms with E-state index in [0.717, 1.165) is 12.8 Å². The highest BCUT2D eigenvalue weighted by atomic mass is 16.7. The van der Waals surface area contributed by atoms with Gasteiger partial charge in [0.1, 0.15) is 5.82 Å². The summed E-state index contributed by atoms with van der Waals surface area (Å²) in [4.78, 5) is 57.5. The lowest BCUT2D eigenvalue weighted by Crippen LogP contribution is -2.32. The molecule has 1 aromatic heterocycles. The van der Waals surface area contributed by atoms with E-state index in [1.807, 2.05) is 0 Å². The quantitative estimate of drug-likeness (QED) is 0.842. The predicted octanol–water partition coefficient (Wildman–Crippen LogP) is 1.80. The van der Waals surface area contributed by atoms with Gasteiger partial charge in [-0.1, -0.05) is 17.2 Å². The van der Waals surface area contributed by atoms with Crippen molar-refractivity contribution in [3.8, 4) is 0 Å². The molecule has 0 saturated heterocycles. The van der Waals surface area contributed by atoms with E-state index < -0.39 is 17.8 Å². The van der Waals surface area contributed by atoms with Crippen molar-refractivity contribution in [3.63, 3.8) is 0 Å². The van der Waals surface area contributed by atoms with Crippen molar-refractivity contribution in [1.82, 2.24) is 10.0 Å². The van der Waals surface area contributed by atoms with Gasteiger partial charge in [-0.15, -0.1) is 0 Å². The van der Waals surface area contributed by atoms with Crippen molar-refractivity contribution in [2.45, 2.75) is 12.8 Å². The van der Waals surface area contributed by atoms with Gasteiger partial charge in [0.2, 0.25) is 5.91 Å². The fourth-order valence-corrected chi connectivity index (χ4v) is 2.59. The first-order valence-electron chi connectivity index (χ1n) is 8.01. The Bertz CT molecular complexity index is 916. The Morgan fingerprint density at radius 2 is 1.73 bits per heavy atom. The van der Waals surface area contributed by atoms with Crippen LogP contribution in [0.3, 0.4) is 0 Å². The second-order valence-corrected chi connectivity index (χ2v) is 6.02. The summed E-state index contributed by atoms with van der Waals surface area (Å²) in [6.45, 7) is 0. The molecule has 2 aliphatic rings. The van der Waals surface area contributed by atoms with E-state index in [1.165, 1.54) is 30.5 Å². The number of rotatable bonds is 4. The summed E-state index contributed by atoms with van der Waals surface area (Å²) < 4.78 is 0. The third-order valence-corrected chi connectivity index (χ3v) is 4.13. The maximum atomic E-state index is 12.3. The van der Waals surface area contributed by atoms with E-state index in [0.29, 0.717) is 5.06 Å². The van der Waals surface area contributed by atoms with E-state index in [4.69, 9.17) is 4.84 Å². The second-order valence-electron chi connectivity index (χ2n) is 6.02. The zero-order chi connectivity index (χ0) is 18.3. The van der Waals surface area contributed by atoms with Crippen LogP contribution in [0.25, 0.3) is 0 Å². The zero-order valence-corrected chi connectivity index (χ0v) is 13.5. The van der Waals surface area contributed by atoms with Gasteiger partial charge in [-0.05, 0) is 37.1 Å². The molecule has 1 fully saturated rings. The van der Waals surface area contributed by atoms with E-state index in [1.54, 1.807) is 12.1 Å². The molecule has 1 saturated carbocycles. The number of fused-ring (bicyclic) bond motifs is 1. The third-order valence-electron chi connectivity index (χ3n) is 4.13. The number of hydroxylamine groups is 2. The van der Waals surface area contributed by atoms with Gasteiger partial charge in [0.05, 0.1) is 16.7 Å². The number of anilines is 1. The lowest BCUT2D eigenvalue weighted by Gasteiger charge is -2.13. The number of amides is 3. The predicted molar refractivity (Wildman–Crippen MR) is 87.9 cm³/mol. The number of pyridine rings is 1. The maximum absolute atomic E-state index is 12.3. The third kappa shape index (κ3) is 2.81. The van der Waals surface area contributed by atoms with Crippen molar-refractivity contribution in [1.29, 1.82) is 0 Å². The molecule has 1 aliphatic carbocycles. The first kappa shape index (κ1) is 15.9.